The number of ether oxygens (including phenoxy) is 1. The number of benzene rings is 1. The van der Waals surface area contributed by atoms with Crippen molar-refractivity contribution in [1.29, 1.82) is 0 Å². The monoisotopic (exact) mass is 262 g/mol. The highest BCUT2D eigenvalue weighted by Gasteiger charge is 2.17. The van der Waals surface area contributed by atoms with E-state index in [1.807, 2.05) is 43.4 Å². The lowest BCUT2D eigenvalue weighted by Crippen LogP contribution is -2.18. The fraction of sp³-hybridized carbons (Fsp3) is 0.214. The van der Waals surface area contributed by atoms with Crippen LogP contribution in [-0.2, 0) is 0 Å². The van der Waals surface area contributed by atoms with Crippen molar-refractivity contribution in [3.05, 3.63) is 58.7 Å². The third-order valence-corrected chi connectivity index (χ3v) is 3.01. The quantitative estimate of drug-likeness (QED) is 0.920. The molecule has 1 unspecified atom stereocenters. The number of pyridine rings is 1. The summed E-state index contributed by atoms with van der Waals surface area (Å²) in [5, 5.41) is 3.98. The minimum Gasteiger partial charge on any atom is -0.481 e. The Kier molecular flexibility index (Phi) is 4.18. The van der Waals surface area contributed by atoms with Crippen LogP contribution in [0.5, 0.6) is 5.88 Å². The highest BCUT2D eigenvalue weighted by molar-refractivity contribution is 6.30. The number of methoxy groups -OCH3 is 1. The molecule has 2 aromatic rings. The Morgan fingerprint density at radius 1 is 1.28 bits per heavy atom. The summed E-state index contributed by atoms with van der Waals surface area (Å²) in [6.07, 6.45) is 1.72. The smallest absolute Gasteiger partial charge is 0.218 e. The van der Waals surface area contributed by atoms with Gasteiger partial charge in [0.05, 0.1) is 13.2 Å². The molecule has 0 bridgehead atoms. The molecule has 1 heterocycles. The largest absolute Gasteiger partial charge is 0.481 e. The van der Waals surface area contributed by atoms with Gasteiger partial charge >= 0.3 is 0 Å². The van der Waals surface area contributed by atoms with Gasteiger partial charge in [0.15, 0.2) is 0 Å². The van der Waals surface area contributed by atoms with Gasteiger partial charge in [-0.3, -0.25) is 0 Å². The van der Waals surface area contributed by atoms with Gasteiger partial charge in [0, 0.05) is 16.8 Å². The van der Waals surface area contributed by atoms with Crippen molar-refractivity contribution in [3.8, 4) is 5.88 Å². The second kappa shape index (κ2) is 5.85. The van der Waals surface area contributed by atoms with Gasteiger partial charge in [-0.15, -0.1) is 0 Å². The van der Waals surface area contributed by atoms with Gasteiger partial charge < -0.3 is 10.1 Å². The molecule has 0 saturated carbocycles. The van der Waals surface area contributed by atoms with Crippen molar-refractivity contribution < 1.29 is 4.74 Å². The standard InChI is InChI=1S/C14H15ClN2O/c1-16-13(10-5-3-6-11(15)9-10)12-7-4-8-17-14(12)18-2/h3-9,13,16H,1-2H3. The molecule has 1 aromatic carbocycles. The van der Waals surface area contributed by atoms with Gasteiger partial charge in [-0.25, -0.2) is 4.98 Å². The zero-order chi connectivity index (χ0) is 13.0. The molecular formula is C14H15ClN2O. The normalized spacial score (nSPS) is 12.2. The van der Waals surface area contributed by atoms with Gasteiger partial charge in [-0.2, -0.15) is 0 Å². The summed E-state index contributed by atoms with van der Waals surface area (Å²) in [4.78, 5) is 4.22. The summed E-state index contributed by atoms with van der Waals surface area (Å²) in [5.74, 6) is 0.622. The first-order valence-corrected chi connectivity index (χ1v) is 6.05. The lowest BCUT2D eigenvalue weighted by molar-refractivity contribution is 0.388. The van der Waals surface area contributed by atoms with Crippen LogP contribution in [0.25, 0.3) is 0 Å². The van der Waals surface area contributed by atoms with E-state index in [1.54, 1.807) is 13.3 Å². The van der Waals surface area contributed by atoms with Crippen molar-refractivity contribution in [2.45, 2.75) is 6.04 Å². The molecule has 0 fully saturated rings. The van der Waals surface area contributed by atoms with E-state index in [9.17, 15) is 0 Å². The number of nitrogens with zero attached hydrogens (tertiary/aromatic N) is 1. The van der Waals surface area contributed by atoms with Gasteiger partial charge in [0.25, 0.3) is 0 Å². The van der Waals surface area contributed by atoms with Crippen molar-refractivity contribution >= 4 is 11.6 Å². The zero-order valence-corrected chi connectivity index (χ0v) is 11.1. The maximum atomic E-state index is 6.03. The Morgan fingerprint density at radius 2 is 2.11 bits per heavy atom. The molecule has 3 nitrogen and oxygen atoms in total. The molecule has 0 saturated heterocycles. The molecule has 0 amide bonds. The fourth-order valence-corrected chi connectivity index (χ4v) is 2.18. The molecule has 94 valence electrons. The SMILES string of the molecule is CNC(c1cccc(Cl)c1)c1cccnc1OC. The molecule has 0 radical (unpaired) electrons. The van der Waals surface area contributed by atoms with E-state index in [0.29, 0.717) is 5.88 Å². The predicted molar refractivity (Wildman–Crippen MR) is 73.1 cm³/mol. The molecular weight excluding hydrogens is 248 g/mol. The molecule has 0 aliphatic carbocycles. The van der Waals surface area contributed by atoms with Crippen LogP contribution < -0.4 is 10.1 Å². The van der Waals surface area contributed by atoms with Gasteiger partial charge in [-0.05, 0) is 30.8 Å². The Balaban J connectivity index is 2.45. The van der Waals surface area contributed by atoms with E-state index in [0.717, 1.165) is 16.1 Å². The average Bonchev–Trinajstić information content (AvgIpc) is 2.40. The van der Waals surface area contributed by atoms with Gasteiger partial charge in [0.1, 0.15) is 0 Å². The fourth-order valence-electron chi connectivity index (χ4n) is 1.98. The molecule has 1 N–H and O–H groups in total. The van der Waals surface area contributed by atoms with E-state index < -0.39 is 0 Å². The summed E-state index contributed by atoms with van der Waals surface area (Å²) < 4.78 is 5.30. The van der Waals surface area contributed by atoms with Crippen LogP contribution in [0.2, 0.25) is 5.02 Å². The molecule has 1 atom stereocenters. The average molecular weight is 263 g/mol. The number of hydrogen-bond acceptors (Lipinski definition) is 3. The summed E-state index contributed by atoms with van der Waals surface area (Å²) in [6.45, 7) is 0. The molecule has 0 aliphatic heterocycles. The predicted octanol–water partition coefficient (Wildman–Crippen LogP) is 3.05. The van der Waals surface area contributed by atoms with Crippen molar-refractivity contribution in [2.24, 2.45) is 0 Å². The lowest BCUT2D eigenvalue weighted by atomic mass is 10.00. The molecule has 2 rings (SSSR count). The summed E-state index contributed by atoms with van der Waals surface area (Å²) in [5.41, 5.74) is 2.07. The highest BCUT2D eigenvalue weighted by Crippen LogP contribution is 2.29. The lowest BCUT2D eigenvalue weighted by Gasteiger charge is -2.19. The second-order valence-electron chi connectivity index (χ2n) is 3.88. The number of halogens is 1. The Labute approximate surface area is 112 Å². The van der Waals surface area contributed by atoms with Gasteiger partial charge in [0.2, 0.25) is 5.88 Å². The van der Waals surface area contributed by atoms with E-state index in [-0.39, 0.29) is 6.04 Å². The number of nitrogens with one attached hydrogen (secondary N) is 1. The third kappa shape index (κ3) is 2.63. The van der Waals surface area contributed by atoms with Crippen molar-refractivity contribution in [2.75, 3.05) is 14.2 Å². The minimum atomic E-state index is 0.00681. The zero-order valence-electron chi connectivity index (χ0n) is 10.4. The van der Waals surface area contributed by atoms with E-state index in [2.05, 4.69) is 10.3 Å². The number of hydrogen-bond donors (Lipinski definition) is 1. The van der Waals surface area contributed by atoms with Crippen molar-refractivity contribution in [1.82, 2.24) is 10.3 Å². The van der Waals surface area contributed by atoms with Crippen LogP contribution in [0, 0.1) is 0 Å². The van der Waals surface area contributed by atoms with Crippen LogP contribution in [0.4, 0.5) is 0 Å². The summed E-state index contributed by atoms with van der Waals surface area (Å²) >= 11 is 6.03. The summed E-state index contributed by atoms with van der Waals surface area (Å²) in [6, 6.07) is 11.7. The first-order valence-electron chi connectivity index (χ1n) is 5.68. The second-order valence-corrected chi connectivity index (χ2v) is 4.32. The highest BCUT2D eigenvalue weighted by atomic mass is 35.5. The van der Waals surface area contributed by atoms with Crippen LogP contribution in [0.3, 0.4) is 0 Å². The first-order chi connectivity index (χ1) is 8.76. The molecule has 0 aliphatic rings. The molecule has 0 spiro atoms. The van der Waals surface area contributed by atoms with Crippen LogP contribution in [0.1, 0.15) is 17.2 Å². The maximum absolute atomic E-state index is 6.03. The third-order valence-electron chi connectivity index (χ3n) is 2.78. The van der Waals surface area contributed by atoms with Gasteiger partial charge in [-0.1, -0.05) is 29.8 Å². The van der Waals surface area contributed by atoms with Crippen LogP contribution in [0.15, 0.2) is 42.6 Å². The van der Waals surface area contributed by atoms with Crippen LogP contribution in [-0.4, -0.2) is 19.1 Å². The first kappa shape index (κ1) is 12.9. The number of aromatic nitrogens is 1. The number of rotatable bonds is 4. The van der Waals surface area contributed by atoms with Crippen LogP contribution >= 0.6 is 11.6 Å². The molecule has 1 aromatic heterocycles. The molecule has 4 heteroatoms. The Bertz CT molecular complexity index is 531. The Morgan fingerprint density at radius 3 is 2.78 bits per heavy atom. The van der Waals surface area contributed by atoms with E-state index in [1.165, 1.54) is 0 Å². The topological polar surface area (TPSA) is 34.2 Å². The minimum absolute atomic E-state index is 0.00681. The van der Waals surface area contributed by atoms with E-state index in [4.69, 9.17) is 16.3 Å². The summed E-state index contributed by atoms with van der Waals surface area (Å²) in [7, 11) is 3.52. The maximum Gasteiger partial charge on any atom is 0.218 e. The Hall–Kier alpha value is -1.58. The molecule has 18 heavy (non-hydrogen) atoms. The van der Waals surface area contributed by atoms with Crippen molar-refractivity contribution in [3.63, 3.8) is 0 Å². The van der Waals surface area contributed by atoms with E-state index >= 15 is 0 Å².